The van der Waals surface area contributed by atoms with Crippen LogP contribution >= 0.6 is 0 Å². The van der Waals surface area contributed by atoms with E-state index in [1.54, 1.807) is 0 Å². The maximum Gasteiger partial charge on any atom is 0.313 e. The van der Waals surface area contributed by atoms with E-state index in [0.29, 0.717) is 6.54 Å². The van der Waals surface area contributed by atoms with E-state index < -0.39 is 17.4 Å². The monoisotopic (exact) mass is 403 g/mol. The summed E-state index contributed by atoms with van der Waals surface area (Å²) in [5, 5.41) is 0. The van der Waals surface area contributed by atoms with Crippen LogP contribution < -0.4 is 0 Å². The van der Waals surface area contributed by atoms with E-state index in [2.05, 4.69) is 0 Å². The molecule has 1 amide bonds. The quantitative estimate of drug-likeness (QED) is 0.566. The zero-order chi connectivity index (χ0) is 20.9. The van der Waals surface area contributed by atoms with Gasteiger partial charge in [0.1, 0.15) is 11.5 Å². The lowest BCUT2D eigenvalue weighted by Crippen LogP contribution is -2.40. The molecule has 4 atom stereocenters. The second-order valence-corrected chi connectivity index (χ2v) is 8.58. The van der Waals surface area contributed by atoms with Gasteiger partial charge in [-0.25, -0.2) is 0 Å². The second-order valence-electron chi connectivity index (χ2n) is 8.58. The van der Waals surface area contributed by atoms with Gasteiger partial charge < -0.3 is 14.4 Å². The number of fused-ring (bicyclic) bond motifs is 1. The van der Waals surface area contributed by atoms with Gasteiger partial charge in [0.25, 0.3) is 0 Å². The van der Waals surface area contributed by atoms with E-state index >= 15 is 0 Å². The number of carbonyl (C=O) groups excluding carboxylic acids is 2. The van der Waals surface area contributed by atoms with Crippen molar-refractivity contribution in [3.8, 4) is 0 Å². The number of benzene rings is 2. The van der Waals surface area contributed by atoms with Crippen molar-refractivity contribution < 1.29 is 19.1 Å². The maximum absolute atomic E-state index is 13.8. The molecule has 0 N–H and O–H groups in total. The fourth-order valence-electron chi connectivity index (χ4n) is 5.15. The van der Waals surface area contributed by atoms with Crippen LogP contribution in [0, 0.1) is 11.8 Å². The third-order valence-corrected chi connectivity index (χ3v) is 6.30. The first kappa shape index (κ1) is 19.1. The summed E-state index contributed by atoms with van der Waals surface area (Å²) >= 11 is 0. The Kier molecular flexibility index (Phi) is 4.51. The van der Waals surface area contributed by atoms with Crippen molar-refractivity contribution in [1.29, 1.82) is 0 Å². The molecule has 1 spiro atoms. The van der Waals surface area contributed by atoms with Gasteiger partial charge in [0.2, 0.25) is 5.91 Å². The molecule has 0 unspecified atom stereocenters. The lowest BCUT2D eigenvalue weighted by Gasteiger charge is -2.31. The number of rotatable bonds is 5. The largest absolute Gasteiger partial charge is 0.463 e. The zero-order valence-corrected chi connectivity index (χ0v) is 17.1. The highest BCUT2D eigenvalue weighted by atomic mass is 16.6. The van der Waals surface area contributed by atoms with Crippen LogP contribution in [-0.2, 0) is 19.1 Å². The Morgan fingerprint density at radius 1 is 1.07 bits per heavy atom. The number of hydrogen-bond acceptors (Lipinski definition) is 4. The van der Waals surface area contributed by atoms with Gasteiger partial charge in [-0.15, -0.1) is 0 Å². The Labute approximate surface area is 176 Å². The molecular weight excluding hydrogens is 378 g/mol. The Balaban J connectivity index is 1.54. The molecule has 2 aromatic rings. The number of hydrogen-bond donors (Lipinski definition) is 0. The number of amides is 1. The van der Waals surface area contributed by atoms with Crippen molar-refractivity contribution in [3.05, 3.63) is 83.9 Å². The van der Waals surface area contributed by atoms with E-state index in [4.69, 9.17) is 9.47 Å². The van der Waals surface area contributed by atoms with Crippen LogP contribution in [0.1, 0.15) is 31.0 Å². The van der Waals surface area contributed by atoms with Crippen LogP contribution in [0.2, 0.25) is 0 Å². The third kappa shape index (κ3) is 2.88. The van der Waals surface area contributed by atoms with Gasteiger partial charge in [0.15, 0.2) is 0 Å². The first-order chi connectivity index (χ1) is 14.5. The number of carbonyl (C=O) groups is 2. The predicted octanol–water partition coefficient (Wildman–Crippen LogP) is 3.51. The minimum absolute atomic E-state index is 0.0507. The lowest BCUT2D eigenvalue weighted by atomic mass is 9.77. The van der Waals surface area contributed by atoms with E-state index in [1.165, 1.54) is 0 Å². The summed E-state index contributed by atoms with van der Waals surface area (Å²) in [6.07, 6.45) is 3.27. The molecule has 2 bridgehead atoms. The minimum atomic E-state index is -0.760. The molecule has 3 aliphatic rings. The molecule has 0 radical (unpaired) electrons. The summed E-state index contributed by atoms with van der Waals surface area (Å²) < 4.78 is 11.7. The molecule has 0 saturated carbocycles. The molecule has 3 aliphatic heterocycles. The summed E-state index contributed by atoms with van der Waals surface area (Å²) in [5.41, 5.74) is 1.31. The van der Waals surface area contributed by atoms with Gasteiger partial charge in [-0.3, -0.25) is 9.59 Å². The fourth-order valence-corrected chi connectivity index (χ4v) is 5.15. The molecule has 154 valence electrons. The van der Waals surface area contributed by atoms with Crippen LogP contribution in [0.25, 0.3) is 0 Å². The van der Waals surface area contributed by atoms with Crippen molar-refractivity contribution in [2.45, 2.75) is 37.7 Å². The number of nitrogens with zero attached hydrogens (tertiary/aromatic N) is 1. The minimum Gasteiger partial charge on any atom is -0.463 e. The predicted molar refractivity (Wildman–Crippen MR) is 111 cm³/mol. The smallest absolute Gasteiger partial charge is 0.313 e. The molecule has 0 aromatic heterocycles. The summed E-state index contributed by atoms with van der Waals surface area (Å²) in [4.78, 5) is 28.5. The molecule has 0 aliphatic carbocycles. The zero-order valence-electron chi connectivity index (χ0n) is 17.1. The van der Waals surface area contributed by atoms with Gasteiger partial charge >= 0.3 is 5.97 Å². The van der Waals surface area contributed by atoms with E-state index in [-0.39, 0.29) is 30.1 Å². The first-order valence-electron chi connectivity index (χ1n) is 10.5. The molecule has 3 heterocycles. The summed E-state index contributed by atoms with van der Waals surface area (Å²) in [6.45, 7) is 4.06. The van der Waals surface area contributed by atoms with Crippen LogP contribution in [0.5, 0.6) is 0 Å². The van der Waals surface area contributed by atoms with Gasteiger partial charge in [0, 0.05) is 0 Å². The van der Waals surface area contributed by atoms with Crippen molar-refractivity contribution in [3.63, 3.8) is 0 Å². The van der Waals surface area contributed by atoms with Gasteiger partial charge in [-0.1, -0.05) is 72.8 Å². The van der Waals surface area contributed by atoms with E-state index in [9.17, 15) is 9.59 Å². The Morgan fingerprint density at radius 2 is 1.67 bits per heavy atom. The Bertz CT molecular complexity index is 947. The van der Waals surface area contributed by atoms with E-state index in [1.807, 2.05) is 91.6 Å². The summed E-state index contributed by atoms with van der Waals surface area (Å²) in [7, 11) is 0. The maximum atomic E-state index is 13.8. The van der Waals surface area contributed by atoms with Crippen LogP contribution in [0.15, 0.2) is 72.8 Å². The van der Waals surface area contributed by atoms with Crippen molar-refractivity contribution >= 4 is 11.9 Å². The van der Waals surface area contributed by atoms with Crippen LogP contribution in [-0.4, -0.2) is 41.1 Å². The third-order valence-electron chi connectivity index (χ3n) is 6.30. The summed E-state index contributed by atoms with van der Waals surface area (Å²) in [5.74, 6) is -1.54. The first-order valence-corrected chi connectivity index (χ1v) is 10.5. The van der Waals surface area contributed by atoms with Crippen molar-refractivity contribution in [1.82, 2.24) is 4.90 Å². The van der Waals surface area contributed by atoms with Crippen LogP contribution in [0.4, 0.5) is 0 Å². The average molecular weight is 403 g/mol. The highest BCUT2D eigenvalue weighted by molar-refractivity contribution is 5.91. The molecule has 5 heteroatoms. The molecule has 2 fully saturated rings. The number of likely N-dealkylation sites (tertiary alicyclic amines) is 1. The summed E-state index contributed by atoms with van der Waals surface area (Å²) in [6, 6.07) is 19.8. The average Bonchev–Trinajstić information content (AvgIpc) is 3.38. The van der Waals surface area contributed by atoms with Crippen molar-refractivity contribution in [2.75, 3.05) is 6.54 Å². The molecule has 2 aromatic carbocycles. The number of ether oxygens (including phenoxy) is 2. The van der Waals surface area contributed by atoms with Crippen LogP contribution in [0.3, 0.4) is 0 Å². The molecule has 5 nitrogen and oxygen atoms in total. The highest BCUT2D eigenvalue weighted by Crippen LogP contribution is 2.54. The molecular formula is C25H25NO4. The topological polar surface area (TPSA) is 55.8 Å². The highest BCUT2D eigenvalue weighted by Gasteiger charge is 2.68. The fraction of sp³-hybridized carbons (Fsp3) is 0.360. The molecule has 2 saturated heterocycles. The van der Waals surface area contributed by atoms with Gasteiger partial charge in [-0.05, 0) is 25.0 Å². The standard InChI is InChI=1S/C25H25NO4/c1-16(2)29-24(28)20-19-13-14-25(30-19)15-26(23(27)21(20)25)22(17-9-5-3-6-10-17)18-11-7-4-8-12-18/h3-14,16,19-22H,15H2,1-2H3/t19-,20+,21-,25+/m1/s1. The Morgan fingerprint density at radius 3 is 2.23 bits per heavy atom. The van der Waals surface area contributed by atoms with Gasteiger partial charge in [-0.2, -0.15) is 0 Å². The lowest BCUT2D eigenvalue weighted by molar-refractivity contribution is -0.157. The second kappa shape index (κ2) is 7.10. The van der Waals surface area contributed by atoms with Gasteiger partial charge in [0.05, 0.1) is 30.7 Å². The van der Waals surface area contributed by atoms with E-state index in [0.717, 1.165) is 11.1 Å². The molecule has 30 heavy (non-hydrogen) atoms. The SMILES string of the molecule is CC(C)OC(=O)[C@H]1[C@H]2C=C[C@@]3(CN(C(c4ccccc4)c4ccccc4)C(=O)[C@@H]13)O2. The molecule has 5 rings (SSSR count). The normalized spacial score (nSPS) is 29.1. The Hall–Kier alpha value is -2.92. The number of esters is 1. The van der Waals surface area contributed by atoms with Crippen molar-refractivity contribution in [2.24, 2.45) is 11.8 Å².